The van der Waals surface area contributed by atoms with Gasteiger partial charge in [0.15, 0.2) is 0 Å². The zero-order chi connectivity index (χ0) is 21.8. The highest BCUT2D eigenvalue weighted by atomic mass is 32.2. The van der Waals surface area contributed by atoms with Gasteiger partial charge < -0.3 is 9.80 Å². The van der Waals surface area contributed by atoms with Crippen molar-refractivity contribution >= 4 is 21.9 Å². The minimum atomic E-state index is -3.64. The van der Waals surface area contributed by atoms with Crippen molar-refractivity contribution in [2.75, 3.05) is 37.6 Å². The van der Waals surface area contributed by atoms with E-state index in [0.717, 1.165) is 5.56 Å². The molecule has 0 saturated carbocycles. The number of piperazine rings is 1. The molecule has 1 aromatic heterocycles. The summed E-state index contributed by atoms with van der Waals surface area (Å²) in [5.41, 5.74) is 1.02. The van der Waals surface area contributed by atoms with Crippen LogP contribution >= 0.6 is 0 Å². The Balaban J connectivity index is 1.47. The van der Waals surface area contributed by atoms with Crippen LogP contribution in [-0.4, -0.2) is 61.9 Å². The van der Waals surface area contributed by atoms with Crippen LogP contribution in [-0.2, 0) is 20.2 Å². The van der Waals surface area contributed by atoms with Gasteiger partial charge in [-0.1, -0.05) is 32.9 Å². The molecule has 1 saturated heterocycles. The van der Waals surface area contributed by atoms with Crippen LogP contribution in [0.2, 0.25) is 0 Å². The minimum Gasteiger partial charge on any atom is -0.339 e. The maximum absolute atomic E-state index is 12.5. The van der Waals surface area contributed by atoms with Gasteiger partial charge in [-0.25, -0.2) is 23.1 Å². The molecule has 9 heteroatoms. The van der Waals surface area contributed by atoms with Crippen molar-refractivity contribution in [3.8, 4) is 0 Å². The Bertz CT molecular complexity index is 948. The summed E-state index contributed by atoms with van der Waals surface area (Å²) in [6, 6.07) is 8.64. The molecule has 1 amide bonds. The van der Waals surface area contributed by atoms with Crippen molar-refractivity contribution in [1.29, 1.82) is 0 Å². The van der Waals surface area contributed by atoms with Crippen LogP contribution in [0.5, 0.6) is 0 Å². The Labute approximate surface area is 178 Å². The van der Waals surface area contributed by atoms with Crippen LogP contribution in [0.4, 0.5) is 5.95 Å². The second kappa shape index (κ2) is 9.09. The van der Waals surface area contributed by atoms with Crippen molar-refractivity contribution in [1.82, 2.24) is 19.6 Å². The smallest absolute Gasteiger partial charge is 0.240 e. The van der Waals surface area contributed by atoms with Crippen molar-refractivity contribution in [3.05, 3.63) is 48.3 Å². The normalized spacial score (nSPS) is 15.3. The molecule has 8 nitrogen and oxygen atoms in total. The molecule has 162 valence electrons. The molecule has 1 aromatic carbocycles. The maximum Gasteiger partial charge on any atom is 0.240 e. The SMILES string of the molecule is CC(C)(C)c1ccc(S(=O)(=O)NCCC(=O)N2CCN(c3ncccn3)CC2)cc1. The van der Waals surface area contributed by atoms with E-state index in [0.29, 0.717) is 32.1 Å². The molecule has 2 heterocycles. The summed E-state index contributed by atoms with van der Waals surface area (Å²) in [6.07, 6.45) is 3.52. The average molecular weight is 432 g/mol. The number of anilines is 1. The number of nitrogens with one attached hydrogen (secondary N) is 1. The highest BCUT2D eigenvalue weighted by molar-refractivity contribution is 7.89. The quantitative estimate of drug-likeness (QED) is 0.749. The molecule has 2 aromatic rings. The fraction of sp³-hybridized carbons (Fsp3) is 0.476. The van der Waals surface area contributed by atoms with Gasteiger partial charge >= 0.3 is 0 Å². The zero-order valence-electron chi connectivity index (χ0n) is 17.7. The van der Waals surface area contributed by atoms with Gasteiger partial charge in [-0.3, -0.25) is 4.79 Å². The first-order valence-electron chi connectivity index (χ1n) is 10.1. The van der Waals surface area contributed by atoms with Gasteiger partial charge in [0, 0.05) is 51.5 Å². The van der Waals surface area contributed by atoms with Gasteiger partial charge in [0.1, 0.15) is 0 Å². The lowest BCUT2D eigenvalue weighted by Crippen LogP contribution is -2.49. The van der Waals surface area contributed by atoms with Crippen LogP contribution in [0.25, 0.3) is 0 Å². The summed E-state index contributed by atoms with van der Waals surface area (Å²) >= 11 is 0. The van der Waals surface area contributed by atoms with Crippen LogP contribution in [0.15, 0.2) is 47.6 Å². The summed E-state index contributed by atoms with van der Waals surface area (Å²) < 4.78 is 27.5. The average Bonchev–Trinajstić information content (AvgIpc) is 2.74. The third-order valence-electron chi connectivity index (χ3n) is 5.13. The van der Waals surface area contributed by atoms with Gasteiger partial charge in [-0.15, -0.1) is 0 Å². The lowest BCUT2D eigenvalue weighted by Gasteiger charge is -2.34. The first-order valence-corrected chi connectivity index (χ1v) is 11.5. The molecule has 1 aliphatic rings. The molecular weight excluding hydrogens is 402 g/mol. The Morgan fingerprint density at radius 3 is 2.20 bits per heavy atom. The van der Waals surface area contributed by atoms with E-state index < -0.39 is 10.0 Å². The number of aromatic nitrogens is 2. The molecule has 0 bridgehead atoms. The Morgan fingerprint density at radius 1 is 1.03 bits per heavy atom. The van der Waals surface area contributed by atoms with E-state index in [1.807, 2.05) is 17.0 Å². The van der Waals surface area contributed by atoms with Crippen LogP contribution < -0.4 is 9.62 Å². The molecular formula is C21H29N5O3S. The monoisotopic (exact) mass is 431 g/mol. The van der Waals surface area contributed by atoms with Gasteiger partial charge in [-0.2, -0.15) is 0 Å². The largest absolute Gasteiger partial charge is 0.339 e. The third-order valence-corrected chi connectivity index (χ3v) is 6.61. The summed E-state index contributed by atoms with van der Waals surface area (Å²) in [5, 5.41) is 0. The molecule has 0 atom stereocenters. The molecule has 0 spiro atoms. The van der Waals surface area contributed by atoms with Crippen molar-refractivity contribution in [3.63, 3.8) is 0 Å². The zero-order valence-corrected chi connectivity index (χ0v) is 18.5. The van der Waals surface area contributed by atoms with Crippen molar-refractivity contribution in [2.24, 2.45) is 0 Å². The fourth-order valence-corrected chi connectivity index (χ4v) is 4.31. The number of benzene rings is 1. The Hall–Kier alpha value is -2.52. The van der Waals surface area contributed by atoms with E-state index in [4.69, 9.17) is 0 Å². The topological polar surface area (TPSA) is 95.5 Å². The van der Waals surface area contributed by atoms with Gasteiger partial charge in [0.2, 0.25) is 21.9 Å². The van der Waals surface area contributed by atoms with E-state index in [1.54, 1.807) is 35.5 Å². The number of rotatable bonds is 6. The summed E-state index contributed by atoms with van der Waals surface area (Å²) in [4.78, 5) is 24.9. The predicted octanol–water partition coefficient (Wildman–Crippen LogP) is 1.79. The molecule has 0 unspecified atom stereocenters. The van der Waals surface area contributed by atoms with E-state index in [2.05, 4.69) is 35.5 Å². The maximum atomic E-state index is 12.5. The van der Waals surface area contributed by atoms with E-state index in [9.17, 15) is 13.2 Å². The molecule has 1 aliphatic heterocycles. The van der Waals surface area contributed by atoms with Crippen molar-refractivity contribution < 1.29 is 13.2 Å². The first kappa shape index (κ1) is 22.2. The number of nitrogens with zero attached hydrogens (tertiary/aromatic N) is 4. The Morgan fingerprint density at radius 2 is 1.63 bits per heavy atom. The predicted molar refractivity (Wildman–Crippen MR) is 116 cm³/mol. The lowest BCUT2D eigenvalue weighted by atomic mass is 9.87. The number of carbonyl (C=O) groups is 1. The van der Waals surface area contributed by atoms with Gasteiger partial charge in [-0.05, 0) is 29.2 Å². The van der Waals surface area contributed by atoms with Crippen LogP contribution in [0, 0.1) is 0 Å². The number of hydrogen-bond donors (Lipinski definition) is 1. The molecule has 0 aliphatic carbocycles. The number of hydrogen-bond acceptors (Lipinski definition) is 6. The highest BCUT2D eigenvalue weighted by Gasteiger charge is 2.23. The number of carbonyl (C=O) groups excluding carboxylic acids is 1. The number of amides is 1. The van der Waals surface area contributed by atoms with E-state index >= 15 is 0 Å². The standard InChI is InChI=1S/C21H29N5O3S/c1-21(2,3)17-5-7-18(8-6-17)30(28,29)24-12-9-19(27)25-13-15-26(16-14-25)20-22-10-4-11-23-20/h4-8,10-11,24H,9,12-16H2,1-3H3. The minimum absolute atomic E-state index is 0.0429. The summed E-state index contributed by atoms with van der Waals surface area (Å²) in [6.45, 7) is 8.75. The molecule has 1 N–H and O–H groups in total. The van der Waals surface area contributed by atoms with Crippen molar-refractivity contribution in [2.45, 2.75) is 37.5 Å². The van der Waals surface area contributed by atoms with Gasteiger partial charge in [0.05, 0.1) is 4.90 Å². The molecule has 1 fully saturated rings. The van der Waals surface area contributed by atoms with Crippen LogP contribution in [0.1, 0.15) is 32.8 Å². The van der Waals surface area contributed by atoms with Crippen LogP contribution in [0.3, 0.4) is 0 Å². The first-order chi connectivity index (χ1) is 14.2. The summed E-state index contributed by atoms with van der Waals surface area (Å²) in [7, 11) is -3.64. The molecule has 3 rings (SSSR count). The highest BCUT2D eigenvalue weighted by Crippen LogP contribution is 2.23. The second-order valence-corrected chi connectivity index (χ2v) is 10.1. The number of sulfonamides is 1. The summed E-state index contributed by atoms with van der Waals surface area (Å²) in [5.74, 6) is 0.601. The molecule has 0 radical (unpaired) electrons. The lowest BCUT2D eigenvalue weighted by molar-refractivity contribution is -0.131. The molecule has 30 heavy (non-hydrogen) atoms. The Kier molecular flexibility index (Phi) is 6.72. The van der Waals surface area contributed by atoms with Gasteiger partial charge in [0.25, 0.3) is 0 Å². The fourth-order valence-electron chi connectivity index (χ4n) is 3.28. The second-order valence-electron chi connectivity index (χ2n) is 8.34. The third kappa shape index (κ3) is 5.54. The van der Waals surface area contributed by atoms with E-state index in [1.165, 1.54) is 0 Å². The van der Waals surface area contributed by atoms with E-state index in [-0.39, 0.29) is 29.2 Å².